The van der Waals surface area contributed by atoms with Gasteiger partial charge in [-0.15, -0.1) is 0 Å². The summed E-state index contributed by atoms with van der Waals surface area (Å²) >= 11 is 3.30. The van der Waals surface area contributed by atoms with Gasteiger partial charge in [0.15, 0.2) is 11.6 Å². The lowest BCUT2D eigenvalue weighted by molar-refractivity contribution is -0.139. The van der Waals surface area contributed by atoms with E-state index in [2.05, 4.69) is 30.7 Å². The van der Waals surface area contributed by atoms with Gasteiger partial charge in [0.05, 0.1) is 33.9 Å². The van der Waals surface area contributed by atoms with Crippen LogP contribution >= 0.6 is 15.9 Å². The molecule has 188 valence electrons. The number of alkyl halides is 3. The molecule has 2 heterocycles. The van der Waals surface area contributed by atoms with Gasteiger partial charge in [0, 0.05) is 28.0 Å². The number of hydrogen-bond acceptors (Lipinski definition) is 3. The summed E-state index contributed by atoms with van der Waals surface area (Å²) in [5, 5.41) is 4.47. The highest BCUT2D eigenvalue weighted by molar-refractivity contribution is 9.10. The highest BCUT2D eigenvalue weighted by Crippen LogP contribution is 2.46. The van der Waals surface area contributed by atoms with E-state index in [1.54, 1.807) is 4.68 Å². The Morgan fingerprint density at radius 3 is 2.40 bits per heavy atom. The Bertz CT molecular complexity index is 1280. The molecule has 4 rings (SSSR count). The smallest absolute Gasteiger partial charge is 0.263 e. The van der Waals surface area contributed by atoms with Crippen LogP contribution in [0.3, 0.4) is 0 Å². The molecule has 2 atom stereocenters. The van der Waals surface area contributed by atoms with E-state index in [4.69, 9.17) is 0 Å². The molecule has 3 aromatic rings. The van der Waals surface area contributed by atoms with E-state index in [9.17, 15) is 26.2 Å². The average molecular weight is 577 g/mol. The van der Waals surface area contributed by atoms with Crippen LogP contribution in [0.15, 0.2) is 46.2 Å². The fourth-order valence-corrected chi connectivity index (χ4v) is 5.58. The summed E-state index contributed by atoms with van der Waals surface area (Å²) in [6.07, 6.45) is 0.272. The van der Waals surface area contributed by atoms with Gasteiger partial charge in [-0.3, -0.25) is 9.67 Å². The molecular formula is C23H22BrF5N4OS. The Balaban J connectivity index is 1.83. The van der Waals surface area contributed by atoms with Crippen molar-refractivity contribution in [2.45, 2.75) is 56.3 Å². The van der Waals surface area contributed by atoms with E-state index in [-0.39, 0.29) is 10.4 Å². The summed E-state index contributed by atoms with van der Waals surface area (Å²) in [4.78, 5) is 3.24. The van der Waals surface area contributed by atoms with Crippen molar-refractivity contribution in [2.75, 3.05) is 0 Å². The summed E-state index contributed by atoms with van der Waals surface area (Å²) in [5.41, 5.74) is -0.312. The minimum absolute atomic E-state index is 0.0228. The molecule has 1 fully saturated rings. The van der Waals surface area contributed by atoms with E-state index in [0.29, 0.717) is 16.8 Å². The fraction of sp³-hybridized carbons (Fsp3) is 0.391. The molecule has 35 heavy (non-hydrogen) atoms. The third kappa shape index (κ3) is 5.34. The molecule has 0 saturated heterocycles. The van der Waals surface area contributed by atoms with Gasteiger partial charge >= 0.3 is 6.18 Å². The molecule has 0 amide bonds. The van der Waals surface area contributed by atoms with Gasteiger partial charge in [-0.05, 0) is 73.7 Å². The van der Waals surface area contributed by atoms with Gasteiger partial charge < -0.3 is 0 Å². The van der Waals surface area contributed by atoms with Crippen LogP contribution in [0.4, 0.5) is 22.0 Å². The predicted molar refractivity (Wildman–Crippen MR) is 125 cm³/mol. The first-order valence-electron chi connectivity index (χ1n) is 10.7. The van der Waals surface area contributed by atoms with Crippen LogP contribution in [-0.2, 0) is 22.7 Å². The molecular weight excluding hydrogens is 555 g/mol. The molecule has 0 spiro atoms. The predicted octanol–water partition coefficient (Wildman–Crippen LogP) is 6.52. The van der Waals surface area contributed by atoms with Crippen molar-refractivity contribution < 1.29 is 26.2 Å². The number of nitrogens with zero attached hydrogens (tertiary/aromatic N) is 3. The maximum Gasteiger partial charge on any atom is 0.417 e. The molecule has 5 nitrogen and oxygen atoms in total. The van der Waals surface area contributed by atoms with Crippen molar-refractivity contribution in [3.05, 3.63) is 64.0 Å². The van der Waals surface area contributed by atoms with Crippen LogP contribution < -0.4 is 4.72 Å². The molecule has 1 unspecified atom stereocenters. The van der Waals surface area contributed by atoms with Crippen LogP contribution in [0.25, 0.3) is 11.3 Å². The lowest BCUT2D eigenvalue weighted by Gasteiger charge is -2.26. The van der Waals surface area contributed by atoms with Crippen LogP contribution in [-0.4, -0.2) is 19.0 Å². The second-order valence-electron chi connectivity index (χ2n) is 9.35. The monoisotopic (exact) mass is 576 g/mol. The van der Waals surface area contributed by atoms with Crippen LogP contribution in [0.2, 0.25) is 0 Å². The standard InChI is InChI=1S/C23H22BrF5N4OS/c1-22(2,3)33-21(13-8-17(25)18(26)9-16(13)24)14(10-31-33)20(12-4-5-12)32-35(34)19-11-30-7-6-15(19)23(27,28)29/h6-12,20,32H,4-5H2,1-3H3/t20-,35?/m1/s1. The molecule has 1 N–H and O–H groups in total. The molecule has 0 aliphatic heterocycles. The number of rotatable bonds is 6. The van der Waals surface area contributed by atoms with E-state index in [0.717, 1.165) is 43.4 Å². The zero-order valence-corrected chi connectivity index (χ0v) is 21.4. The van der Waals surface area contributed by atoms with Crippen molar-refractivity contribution in [3.63, 3.8) is 0 Å². The molecule has 1 aliphatic rings. The fourth-order valence-electron chi connectivity index (χ4n) is 3.85. The first-order valence-corrected chi connectivity index (χ1v) is 12.7. The van der Waals surface area contributed by atoms with Crippen LogP contribution in [0.1, 0.15) is 50.8 Å². The molecule has 0 bridgehead atoms. The molecule has 1 aliphatic carbocycles. The Labute approximate surface area is 209 Å². The Morgan fingerprint density at radius 2 is 1.80 bits per heavy atom. The third-order valence-electron chi connectivity index (χ3n) is 5.65. The van der Waals surface area contributed by atoms with Gasteiger partial charge in [-0.1, -0.05) is 0 Å². The van der Waals surface area contributed by atoms with E-state index < -0.39 is 50.8 Å². The molecule has 1 aromatic carbocycles. The molecule has 2 aromatic heterocycles. The van der Waals surface area contributed by atoms with E-state index in [1.807, 2.05) is 20.8 Å². The zero-order chi connectivity index (χ0) is 25.7. The Kier molecular flexibility index (Phi) is 6.93. The summed E-state index contributed by atoms with van der Waals surface area (Å²) in [6.45, 7) is 5.64. The highest BCUT2D eigenvalue weighted by Gasteiger charge is 2.40. The Hall–Kier alpha value is -2.18. The number of hydrogen-bond donors (Lipinski definition) is 1. The number of nitrogens with one attached hydrogen (secondary N) is 1. The van der Waals surface area contributed by atoms with Gasteiger partial charge in [0.25, 0.3) is 0 Å². The second-order valence-corrected chi connectivity index (χ2v) is 11.4. The first-order chi connectivity index (χ1) is 16.3. The SMILES string of the molecule is CC(C)(C)n1ncc([C@H](NS(=O)c2cnccc2C(F)(F)F)C2CC2)c1-c1cc(F)c(F)cc1Br. The maximum atomic E-state index is 14.3. The quantitative estimate of drug-likeness (QED) is 0.268. The second kappa shape index (κ2) is 9.36. The van der Waals surface area contributed by atoms with Gasteiger partial charge in [-0.25, -0.2) is 17.7 Å². The molecule has 1 saturated carbocycles. The minimum Gasteiger partial charge on any atom is -0.263 e. The first kappa shape index (κ1) is 25.9. The van der Waals surface area contributed by atoms with E-state index in [1.165, 1.54) is 6.20 Å². The highest BCUT2D eigenvalue weighted by atomic mass is 79.9. The summed E-state index contributed by atoms with van der Waals surface area (Å²) in [5.74, 6) is -2.11. The Morgan fingerprint density at radius 1 is 1.14 bits per heavy atom. The minimum atomic E-state index is -4.70. The van der Waals surface area contributed by atoms with Gasteiger partial charge in [-0.2, -0.15) is 18.3 Å². The largest absolute Gasteiger partial charge is 0.417 e. The summed E-state index contributed by atoms with van der Waals surface area (Å²) < 4.78 is 86.5. The lowest BCUT2D eigenvalue weighted by atomic mass is 9.98. The summed E-state index contributed by atoms with van der Waals surface area (Å²) in [6, 6.07) is 2.19. The van der Waals surface area contributed by atoms with Crippen molar-refractivity contribution in [1.82, 2.24) is 19.5 Å². The average Bonchev–Trinajstić information content (AvgIpc) is 3.51. The van der Waals surface area contributed by atoms with Gasteiger partial charge in [0.1, 0.15) is 11.0 Å². The summed E-state index contributed by atoms with van der Waals surface area (Å²) in [7, 11) is -2.26. The number of aromatic nitrogens is 3. The van der Waals surface area contributed by atoms with Crippen molar-refractivity contribution in [2.24, 2.45) is 5.92 Å². The van der Waals surface area contributed by atoms with Crippen molar-refractivity contribution in [1.29, 1.82) is 0 Å². The molecule has 12 heteroatoms. The number of benzene rings is 1. The van der Waals surface area contributed by atoms with Crippen molar-refractivity contribution in [3.8, 4) is 11.3 Å². The van der Waals surface area contributed by atoms with Gasteiger partial charge in [0.2, 0.25) is 0 Å². The topological polar surface area (TPSA) is 59.8 Å². The maximum absolute atomic E-state index is 14.3. The van der Waals surface area contributed by atoms with Crippen molar-refractivity contribution >= 4 is 26.9 Å². The third-order valence-corrected chi connectivity index (χ3v) is 7.50. The normalized spacial score (nSPS) is 16.4. The lowest BCUT2D eigenvalue weighted by Crippen LogP contribution is -2.28. The number of pyridine rings is 1. The van der Waals surface area contributed by atoms with Crippen LogP contribution in [0.5, 0.6) is 0 Å². The number of halogens is 6. The van der Waals surface area contributed by atoms with E-state index >= 15 is 0 Å². The van der Waals surface area contributed by atoms with Crippen LogP contribution in [0, 0.1) is 17.6 Å². The molecule has 0 radical (unpaired) electrons. The zero-order valence-electron chi connectivity index (χ0n) is 19.0.